The van der Waals surface area contributed by atoms with Crippen LogP contribution in [0.1, 0.15) is 45.7 Å². The second-order valence-corrected chi connectivity index (χ2v) is 11.4. The van der Waals surface area contributed by atoms with Crippen molar-refractivity contribution in [3.63, 3.8) is 0 Å². The van der Waals surface area contributed by atoms with Crippen LogP contribution in [0.25, 0.3) is 6.08 Å². The smallest absolute Gasteiger partial charge is 0.326 e. The van der Waals surface area contributed by atoms with Gasteiger partial charge in [0, 0.05) is 10.0 Å². The van der Waals surface area contributed by atoms with Crippen molar-refractivity contribution >= 4 is 50.9 Å². The van der Waals surface area contributed by atoms with Gasteiger partial charge in [0.05, 0.1) is 11.0 Å². The van der Waals surface area contributed by atoms with Crippen LogP contribution in [-0.2, 0) is 19.7 Å². The number of thioether (sulfide) groups is 1. The zero-order valence-corrected chi connectivity index (χ0v) is 23.4. The Hall–Kier alpha value is -2.78. The highest BCUT2D eigenvalue weighted by atomic mass is 79.9. The molecule has 7 nitrogen and oxygen atoms in total. The lowest BCUT2D eigenvalue weighted by Crippen LogP contribution is -2.35. The summed E-state index contributed by atoms with van der Waals surface area (Å²) >= 11 is 4.21. The number of benzene rings is 2. The predicted molar refractivity (Wildman–Crippen MR) is 144 cm³/mol. The molecule has 1 heterocycles. The molecule has 2 amide bonds. The first kappa shape index (κ1) is 27.8. The molecule has 2 aromatic carbocycles. The molecule has 0 radical (unpaired) electrons. The van der Waals surface area contributed by atoms with Gasteiger partial charge in [-0.3, -0.25) is 19.3 Å². The average molecular weight is 577 g/mol. The minimum atomic E-state index is -0.630. The van der Waals surface area contributed by atoms with Crippen LogP contribution in [0, 0.1) is 0 Å². The lowest BCUT2D eigenvalue weighted by Gasteiger charge is -2.19. The summed E-state index contributed by atoms with van der Waals surface area (Å²) in [6.07, 6.45) is 1.26. The van der Waals surface area contributed by atoms with Crippen LogP contribution in [0.4, 0.5) is 4.79 Å². The molecular formula is C27H30BrNO6S. The molecule has 1 aliphatic heterocycles. The number of amides is 2. The van der Waals surface area contributed by atoms with E-state index in [-0.39, 0.29) is 23.0 Å². The molecule has 0 aliphatic carbocycles. The summed E-state index contributed by atoms with van der Waals surface area (Å²) in [5.74, 6) is 0.115. The number of hydrogen-bond donors (Lipinski definition) is 0. The van der Waals surface area contributed by atoms with Crippen molar-refractivity contribution < 1.29 is 28.6 Å². The summed E-state index contributed by atoms with van der Waals surface area (Å²) in [5.41, 5.74) is 1.93. The molecule has 0 unspecified atom stereocenters. The molecule has 2 aromatic rings. The third-order valence-corrected chi connectivity index (χ3v) is 6.52. The Bertz CT molecular complexity index is 1150. The third-order valence-electron chi connectivity index (χ3n) is 5.12. The topological polar surface area (TPSA) is 82.1 Å². The zero-order valence-electron chi connectivity index (χ0n) is 21.0. The molecule has 1 saturated heterocycles. The van der Waals surface area contributed by atoms with E-state index in [0.29, 0.717) is 17.9 Å². The summed E-state index contributed by atoms with van der Waals surface area (Å²) in [4.78, 5) is 38.1. The molecule has 3 rings (SSSR count). The van der Waals surface area contributed by atoms with E-state index in [9.17, 15) is 14.4 Å². The zero-order chi connectivity index (χ0) is 26.5. The van der Waals surface area contributed by atoms with Crippen molar-refractivity contribution in [2.45, 2.75) is 46.1 Å². The van der Waals surface area contributed by atoms with E-state index < -0.39 is 23.7 Å². The van der Waals surface area contributed by atoms with E-state index in [4.69, 9.17) is 14.2 Å². The van der Waals surface area contributed by atoms with Gasteiger partial charge in [-0.15, -0.1) is 0 Å². The van der Waals surface area contributed by atoms with Gasteiger partial charge in [-0.2, -0.15) is 0 Å². The Morgan fingerprint density at radius 3 is 2.36 bits per heavy atom. The van der Waals surface area contributed by atoms with Crippen molar-refractivity contribution in [2.75, 3.05) is 19.8 Å². The minimum absolute atomic E-state index is 0.0747. The quantitative estimate of drug-likeness (QED) is 0.200. The van der Waals surface area contributed by atoms with Gasteiger partial charge in [-0.05, 0) is 66.9 Å². The van der Waals surface area contributed by atoms with Crippen molar-refractivity contribution in [2.24, 2.45) is 0 Å². The van der Waals surface area contributed by atoms with Crippen molar-refractivity contribution in [1.82, 2.24) is 4.90 Å². The summed E-state index contributed by atoms with van der Waals surface area (Å²) in [7, 11) is 0. The summed E-state index contributed by atoms with van der Waals surface area (Å²) < 4.78 is 17.6. The Kier molecular flexibility index (Phi) is 9.24. The molecular weight excluding hydrogens is 546 g/mol. The third kappa shape index (κ3) is 7.61. The van der Waals surface area contributed by atoms with Gasteiger partial charge in [-0.1, -0.05) is 54.9 Å². The molecule has 9 heteroatoms. The Balaban J connectivity index is 1.64. The van der Waals surface area contributed by atoms with Crippen LogP contribution in [0.2, 0.25) is 0 Å². The first-order valence-electron chi connectivity index (χ1n) is 11.5. The highest BCUT2D eigenvalue weighted by Crippen LogP contribution is 2.35. The Morgan fingerprint density at radius 1 is 1.06 bits per heavy atom. The monoisotopic (exact) mass is 575 g/mol. The number of ether oxygens (including phenoxy) is 3. The van der Waals surface area contributed by atoms with E-state index in [2.05, 4.69) is 48.8 Å². The van der Waals surface area contributed by atoms with E-state index in [1.165, 1.54) is 5.56 Å². The van der Waals surface area contributed by atoms with Crippen LogP contribution < -0.4 is 9.47 Å². The van der Waals surface area contributed by atoms with Gasteiger partial charge >= 0.3 is 5.97 Å². The first-order chi connectivity index (χ1) is 16.9. The predicted octanol–water partition coefficient (Wildman–Crippen LogP) is 6.19. The van der Waals surface area contributed by atoms with Crippen molar-refractivity contribution in [1.29, 1.82) is 0 Å². The van der Waals surface area contributed by atoms with Crippen LogP contribution in [0.3, 0.4) is 0 Å². The number of imide groups is 1. The highest BCUT2D eigenvalue weighted by Gasteiger charge is 2.37. The van der Waals surface area contributed by atoms with Crippen LogP contribution >= 0.6 is 27.7 Å². The van der Waals surface area contributed by atoms with Crippen molar-refractivity contribution in [3.8, 4) is 11.5 Å². The number of halogens is 1. The second-order valence-electron chi connectivity index (χ2n) is 9.46. The number of nitrogens with zero attached hydrogens (tertiary/aromatic N) is 1. The maximum atomic E-state index is 12.8. The molecule has 0 aromatic heterocycles. The number of esters is 1. The normalized spacial score (nSPS) is 15.1. The standard InChI is InChI=1S/C27H30BrNO6S/c1-17(2)35-24(30)16-29-25(31)23(36-26(29)32)14-18-6-9-20(28)15-22(18)34-13-12-33-21-10-7-19(8-11-21)27(3,4)5/h6-11,14-15,17H,12-13,16H2,1-5H3/b23-14-. The number of carbonyl (C=O) groups excluding carboxylic acids is 3. The fourth-order valence-electron chi connectivity index (χ4n) is 3.32. The average Bonchev–Trinajstić information content (AvgIpc) is 3.05. The molecule has 0 saturated carbocycles. The fraction of sp³-hybridized carbons (Fsp3) is 0.370. The molecule has 0 N–H and O–H groups in total. The van der Waals surface area contributed by atoms with Gasteiger partial charge in [0.25, 0.3) is 11.1 Å². The lowest BCUT2D eigenvalue weighted by atomic mass is 9.87. The Labute approximate surface area is 224 Å². The maximum absolute atomic E-state index is 12.8. The van der Waals surface area contributed by atoms with E-state index in [1.54, 1.807) is 32.1 Å². The summed E-state index contributed by atoms with van der Waals surface area (Å²) in [6, 6.07) is 13.4. The van der Waals surface area contributed by atoms with Crippen LogP contribution in [0.15, 0.2) is 51.8 Å². The van der Waals surface area contributed by atoms with Crippen LogP contribution in [0.5, 0.6) is 11.5 Å². The summed E-state index contributed by atoms with van der Waals surface area (Å²) in [6.45, 7) is 10.1. The number of carbonyl (C=O) groups is 3. The van der Waals surface area contributed by atoms with Gasteiger partial charge in [0.2, 0.25) is 0 Å². The summed E-state index contributed by atoms with van der Waals surface area (Å²) in [5, 5.41) is -0.516. The number of hydrogen-bond acceptors (Lipinski definition) is 7. The molecule has 36 heavy (non-hydrogen) atoms. The molecule has 192 valence electrons. The fourth-order valence-corrected chi connectivity index (χ4v) is 4.49. The van der Waals surface area contributed by atoms with Gasteiger partial charge in [-0.25, -0.2) is 0 Å². The largest absolute Gasteiger partial charge is 0.490 e. The molecule has 1 aliphatic rings. The maximum Gasteiger partial charge on any atom is 0.326 e. The second kappa shape index (κ2) is 12.0. The molecule has 1 fully saturated rings. The van der Waals surface area contributed by atoms with Gasteiger partial charge in [0.15, 0.2) is 0 Å². The van der Waals surface area contributed by atoms with Gasteiger partial charge < -0.3 is 14.2 Å². The minimum Gasteiger partial charge on any atom is -0.490 e. The first-order valence-corrected chi connectivity index (χ1v) is 13.2. The van der Waals surface area contributed by atoms with Gasteiger partial charge in [0.1, 0.15) is 31.3 Å². The molecule has 0 atom stereocenters. The highest BCUT2D eigenvalue weighted by molar-refractivity contribution is 9.10. The van der Waals surface area contributed by atoms with E-state index in [1.807, 2.05) is 18.2 Å². The number of rotatable bonds is 9. The lowest BCUT2D eigenvalue weighted by molar-refractivity contribution is -0.149. The van der Waals surface area contributed by atoms with Crippen molar-refractivity contribution in [3.05, 3.63) is 63.0 Å². The van der Waals surface area contributed by atoms with E-state index in [0.717, 1.165) is 26.9 Å². The molecule has 0 spiro atoms. The molecule has 0 bridgehead atoms. The van der Waals surface area contributed by atoms with E-state index >= 15 is 0 Å². The Morgan fingerprint density at radius 2 is 1.72 bits per heavy atom. The SMILES string of the molecule is CC(C)OC(=O)CN1C(=O)S/C(=C\c2ccc(Br)cc2OCCOc2ccc(C(C)(C)C)cc2)C1=O. The van der Waals surface area contributed by atoms with Crippen LogP contribution in [-0.4, -0.2) is 47.9 Å².